The molecule has 24 heavy (non-hydrogen) atoms. The molecular formula is C14H10F5NO3S. The van der Waals surface area contributed by atoms with Gasteiger partial charge in [-0.25, -0.2) is 17.2 Å². The molecule has 2 rings (SSSR count). The molecule has 0 bridgehead atoms. The molecule has 0 aliphatic heterocycles. The first-order chi connectivity index (χ1) is 11.1. The zero-order valence-corrected chi connectivity index (χ0v) is 12.6. The van der Waals surface area contributed by atoms with Gasteiger partial charge < -0.3 is 4.74 Å². The Balaban J connectivity index is 2.35. The van der Waals surface area contributed by atoms with E-state index in [1.165, 1.54) is 12.1 Å². The lowest BCUT2D eigenvalue weighted by atomic mass is 10.3. The van der Waals surface area contributed by atoms with Gasteiger partial charge in [-0.1, -0.05) is 12.1 Å². The molecule has 10 heteroatoms. The molecule has 2 aromatic carbocycles. The van der Waals surface area contributed by atoms with Crippen molar-refractivity contribution in [2.45, 2.75) is 11.1 Å². The summed E-state index contributed by atoms with van der Waals surface area (Å²) < 4.78 is 94.1. The number of hydrogen-bond donors (Lipinski definition) is 1. The summed E-state index contributed by atoms with van der Waals surface area (Å²) in [5, 5.41) is 0. The van der Waals surface area contributed by atoms with E-state index in [9.17, 15) is 30.4 Å². The van der Waals surface area contributed by atoms with Crippen molar-refractivity contribution in [2.75, 3.05) is 11.3 Å². The molecule has 2 aromatic rings. The van der Waals surface area contributed by atoms with Crippen molar-refractivity contribution in [3.05, 3.63) is 54.1 Å². The fourth-order valence-electron chi connectivity index (χ4n) is 1.73. The molecular weight excluding hydrogens is 357 g/mol. The van der Waals surface area contributed by atoms with Gasteiger partial charge in [0, 0.05) is 6.07 Å². The van der Waals surface area contributed by atoms with Gasteiger partial charge >= 0.3 is 6.18 Å². The molecule has 0 aliphatic carbocycles. The number of anilines is 1. The molecule has 130 valence electrons. The number of rotatable bonds is 5. The van der Waals surface area contributed by atoms with E-state index in [4.69, 9.17) is 0 Å². The predicted molar refractivity (Wildman–Crippen MR) is 75.2 cm³/mol. The molecule has 0 spiro atoms. The average Bonchev–Trinajstić information content (AvgIpc) is 2.45. The SMILES string of the molecule is O=S(=O)(Nc1cc(F)ccc1OCC(F)(F)F)c1ccccc1F. The first kappa shape index (κ1) is 18.0. The standard InChI is InChI=1S/C14H10F5NO3S/c15-9-5-6-12(23-8-14(17,18)19)11(7-9)20-24(21,22)13-4-2-1-3-10(13)16/h1-7,20H,8H2. The van der Waals surface area contributed by atoms with Crippen LogP contribution in [0.1, 0.15) is 0 Å². The van der Waals surface area contributed by atoms with Crippen LogP contribution in [0.4, 0.5) is 27.6 Å². The monoisotopic (exact) mass is 367 g/mol. The first-order valence-electron chi connectivity index (χ1n) is 6.35. The van der Waals surface area contributed by atoms with Crippen LogP contribution in [0.15, 0.2) is 47.4 Å². The van der Waals surface area contributed by atoms with Crippen LogP contribution in [-0.4, -0.2) is 21.2 Å². The molecule has 0 aromatic heterocycles. The Morgan fingerprint density at radius 1 is 1.04 bits per heavy atom. The molecule has 0 atom stereocenters. The van der Waals surface area contributed by atoms with Crippen molar-refractivity contribution in [3.63, 3.8) is 0 Å². The molecule has 0 aliphatic rings. The summed E-state index contributed by atoms with van der Waals surface area (Å²) in [5.41, 5.74) is -0.581. The Morgan fingerprint density at radius 2 is 1.71 bits per heavy atom. The largest absolute Gasteiger partial charge is 0.482 e. The number of nitrogens with one attached hydrogen (secondary N) is 1. The topological polar surface area (TPSA) is 55.4 Å². The number of benzene rings is 2. The fourth-order valence-corrected chi connectivity index (χ4v) is 2.87. The highest BCUT2D eigenvalue weighted by Crippen LogP contribution is 2.30. The quantitative estimate of drug-likeness (QED) is 0.820. The number of halogens is 5. The molecule has 0 saturated heterocycles. The normalized spacial score (nSPS) is 12.0. The van der Waals surface area contributed by atoms with Crippen LogP contribution in [-0.2, 0) is 10.0 Å². The van der Waals surface area contributed by atoms with Crippen molar-refractivity contribution >= 4 is 15.7 Å². The number of alkyl halides is 3. The molecule has 4 nitrogen and oxygen atoms in total. The molecule has 0 radical (unpaired) electrons. The van der Waals surface area contributed by atoms with Crippen LogP contribution in [0, 0.1) is 11.6 Å². The summed E-state index contributed by atoms with van der Waals surface area (Å²) in [4.78, 5) is -0.740. The van der Waals surface area contributed by atoms with E-state index < -0.39 is 50.8 Å². The predicted octanol–water partition coefficient (Wildman–Crippen LogP) is 3.71. The number of ether oxygens (including phenoxy) is 1. The summed E-state index contributed by atoms with van der Waals surface area (Å²) in [7, 11) is -4.49. The zero-order valence-electron chi connectivity index (χ0n) is 11.8. The molecule has 0 saturated carbocycles. The van der Waals surface area contributed by atoms with Crippen molar-refractivity contribution in [2.24, 2.45) is 0 Å². The van der Waals surface area contributed by atoms with Crippen molar-refractivity contribution in [1.82, 2.24) is 0 Å². The minimum absolute atomic E-state index is 0.548. The van der Waals surface area contributed by atoms with E-state index >= 15 is 0 Å². The Kier molecular flexibility index (Phi) is 4.97. The summed E-state index contributed by atoms with van der Waals surface area (Å²) in [6, 6.07) is 6.62. The highest BCUT2D eigenvalue weighted by molar-refractivity contribution is 7.92. The Bertz CT molecular complexity index is 837. The molecule has 0 fully saturated rings. The Morgan fingerprint density at radius 3 is 2.33 bits per heavy atom. The lowest BCUT2D eigenvalue weighted by Crippen LogP contribution is -2.21. The van der Waals surface area contributed by atoms with Crippen LogP contribution in [0.5, 0.6) is 5.75 Å². The van der Waals surface area contributed by atoms with E-state index in [0.29, 0.717) is 6.07 Å². The van der Waals surface area contributed by atoms with Crippen LogP contribution >= 0.6 is 0 Å². The minimum atomic E-state index is -4.67. The average molecular weight is 367 g/mol. The summed E-state index contributed by atoms with van der Waals surface area (Å²) >= 11 is 0. The van der Waals surface area contributed by atoms with Gasteiger partial charge in [-0.3, -0.25) is 4.72 Å². The van der Waals surface area contributed by atoms with Gasteiger partial charge in [-0.15, -0.1) is 0 Å². The van der Waals surface area contributed by atoms with Crippen LogP contribution in [0.25, 0.3) is 0 Å². The summed E-state index contributed by atoms with van der Waals surface area (Å²) in [5.74, 6) is -2.53. The summed E-state index contributed by atoms with van der Waals surface area (Å²) in [6.07, 6.45) is -4.67. The van der Waals surface area contributed by atoms with Gasteiger partial charge in [0.2, 0.25) is 0 Å². The first-order valence-corrected chi connectivity index (χ1v) is 7.83. The fraction of sp³-hybridized carbons (Fsp3) is 0.143. The van der Waals surface area contributed by atoms with Gasteiger partial charge in [0.1, 0.15) is 22.3 Å². The van der Waals surface area contributed by atoms with Gasteiger partial charge in [0.15, 0.2) is 6.61 Å². The van der Waals surface area contributed by atoms with E-state index in [1.807, 2.05) is 4.72 Å². The van der Waals surface area contributed by atoms with Gasteiger partial charge in [-0.05, 0) is 24.3 Å². The maximum Gasteiger partial charge on any atom is 0.422 e. The van der Waals surface area contributed by atoms with Gasteiger partial charge in [0.25, 0.3) is 10.0 Å². The lowest BCUT2D eigenvalue weighted by Gasteiger charge is -2.15. The van der Waals surface area contributed by atoms with Crippen LogP contribution < -0.4 is 9.46 Å². The van der Waals surface area contributed by atoms with E-state index in [1.54, 1.807) is 0 Å². The van der Waals surface area contributed by atoms with Crippen LogP contribution in [0.2, 0.25) is 0 Å². The highest BCUT2D eigenvalue weighted by atomic mass is 32.2. The third-order valence-electron chi connectivity index (χ3n) is 2.70. The van der Waals surface area contributed by atoms with E-state index in [2.05, 4.69) is 4.74 Å². The number of sulfonamides is 1. The molecule has 0 unspecified atom stereocenters. The van der Waals surface area contributed by atoms with Gasteiger partial charge in [-0.2, -0.15) is 13.2 Å². The molecule has 0 heterocycles. The van der Waals surface area contributed by atoms with Gasteiger partial charge in [0.05, 0.1) is 5.69 Å². The van der Waals surface area contributed by atoms with Crippen molar-refractivity contribution in [1.29, 1.82) is 0 Å². The summed E-state index contributed by atoms with van der Waals surface area (Å²) in [6.45, 7) is -1.70. The maximum atomic E-state index is 13.6. The Labute approximate surface area is 133 Å². The second kappa shape index (κ2) is 6.63. The lowest BCUT2D eigenvalue weighted by molar-refractivity contribution is -0.153. The highest BCUT2D eigenvalue weighted by Gasteiger charge is 2.29. The van der Waals surface area contributed by atoms with E-state index in [-0.39, 0.29) is 0 Å². The zero-order chi connectivity index (χ0) is 18.0. The maximum absolute atomic E-state index is 13.6. The third kappa shape index (κ3) is 4.57. The smallest absolute Gasteiger partial charge is 0.422 e. The molecule has 1 N–H and O–H groups in total. The van der Waals surface area contributed by atoms with Crippen molar-refractivity contribution in [3.8, 4) is 5.75 Å². The Hall–Kier alpha value is -2.36. The minimum Gasteiger partial charge on any atom is -0.482 e. The number of hydrogen-bond acceptors (Lipinski definition) is 3. The second-order valence-corrected chi connectivity index (χ2v) is 6.23. The van der Waals surface area contributed by atoms with Crippen molar-refractivity contribution < 1.29 is 35.1 Å². The molecule has 0 amide bonds. The van der Waals surface area contributed by atoms with Crippen LogP contribution in [0.3, 0.4) is 0 Å². The van der Waals surface area contributed by atoms with E-state index in [0.717, 1.165) is 24.3 Å². The second-order valence-electron chi connectivity index (χ2n) is 4.58. The third-order valence-corrected chi connectivity index (χ3v) is 4.10.